The number of likely N-dealkylation sites (tertiary alicyclic amines) is 2. The number of benzene rings is 1. The second kappa shape index (κ2) is 27.9. The lowest BCUT2D eigenvalue weighted by molar-refractivity contribution is -0.143. The van der Waals surface area contributed by atoms with Crippen molar-refractivity contribution >= 4 is 47.1 Å². The summed E-state index contributed by atoms with van der Waals surface area (Å²) in [5, 5.41) is 20.7. The Morgan fingerprint density at radius 2 is 1.59 bits per heavy atom. The number of aromatic nitrogens is 8. The number of fused-ring (bicyclic) bond motifs is 1. The Kier molecular flexibility index (Phi) is 19.7. The van der Waals surface area contributed by atoms with Gasteiger partial charge in [0.2, 0.25) is 29.5 Å². The number of piperidine rings is 1. The van der Waals surface area contributed by atoms with Crippen molar-refractivity contribution in [3.8, 4) is 34.7 Å². The van der Waals surface area contributed by atoms with Gasteiger partial charge in [-0.3, -0.25) is 24.0 Å². The normalized spacial score (nSPS) is 17.8. The van der Waals surface area contributed by atoms with Crippen molar-refractivity contribution in [3.05, 3.63) is 120 Å². The van der Waals surface area contributed by atoms with Crippen molar-refractivity contribution < 1.29 is 52.5 Å². The Hall–Kier alpha value is -9.48. The highest BCUT2D eigenvalue weighted by Crippen LogP contribution is 2.40. The second-order valence-electron chi connectivity index (χ2n) is 24.6. The number of carbonyl (C=O) groups excluding carboxylic acids is 6. The molecule has 0 saturated carbocycles. The van der Waals surface area contributed by atoms with Gasteiger partial charge in [-0.15, -0.1) is 5.10 Å². The molecule has 5 aromatic heterocycles. The van der Waals surface area contributed by atoms with Crippen molar-refractivity contribution in [2.24, 2.45) is 5.41 Å². The number of rotatable bonds is 22. The van der Waals surface area contributed by atoms with Crippen LogP contribution in [-0.2, 0) is 53.1 Å². The van der Waals surface area contributed by atoms with Gasteiger partial charge in [0.05, 0.1) is 48.4 Å². The van der Waals surface area contributed by atoms with Crippen LogP contribution in [0.3, 0.4) is 0 Å². The second-order valence-corrected chi connectivity index (χ2v) is 24.6. The molecular weight excluding hydrogens is 1150 g/mol. The number of ketones is 1. The van der Waals surface area contributed by atoms with Crippen molar-refractivity contribution in [3.63, 3.8) is 0 Å². The van der Waals surface area contributed by atoms with Crippen LogP contribution < -0.4 is 24.6 Å². The van der Waals surface area contributed by atoms with Gasteiger partial charge in [-0.05, 0) is 81.8 Å². The Bertz CT molecular complexity index is 3620. The molecule has 9 heterocycles. The topological polar surface area (TPSA) is 296 Å². The van der Waals surface area contributed by atoms with E-state index in [4.69, 9.17) is 28.7 Å². The first kappa shape index (κ1) is 63.5. The van der Waals surface area contributed by atoms with Gasteiger partial charge >= 0.3 is 5.97 Å². The molecule has 0 radical (unpaired) electrons. The van der Waals surface area contributed by atoms with Gasteiger partial charge in [0, 0.05) is 119 Å². The van der Waals surface area contributed by atoms with Crippen molar-refractivity contribution in [1.82, 2.24) is 59.9 Å². The number of esters is 1. The maximum Gasteiger partial charge on any atom is 0.328 e. The summed E-state index contributed by atoms with van der Waals surface area (Å²) in [7, 11) is 1.30. The zero-order valence-corrected chi connectivity index (χ0v) is 51.7. The lowest BCUT2D eigenvalue weighted by Crippen LogP contribution is -2.55. The van der Waals surface area contributed by atoms with Crippen LogP contribution >= 0.6 is 0 Å². The summed E-state index contributed by atoms with van der Waals surface area (Å²) in [5.41, 5.74) is 2.57. The quantitative estimate of drug-likeness (QED) is 0.0808. The van der Waals surface area contributed by atoms with Crippen molar-refractivity contribution in [1.29, 1.82) is 5.26 Å². The number of nitrogens with zero attached hydrogens (tertiary/aromatic N) is 14. The number of hydrogen-bond acceptors (Lipinski definition) is 21. The molecule has 6 aromatic rings. The number of hydrogen-bond donors (Lipinski definition) is 1. The number of anilines is 2. The van der Waals surface area contributed by atoms with Crippen molar-refractivity contribution in [2.75, 3.05) is 75.9 Å². The van der Waals surface area contributed by atoms with E-state index >= 15 is 0 Å². The summed E-state index contributed by atoms with van der Waals surface area (Å²) in [6.07, 6.45) is 10.5. The number of ether oxygens (including phenoxy) is 5. The highest BCUT2D eigenvalue weighted by atomic mass is 16.5. The van der Waals surface area contributed by atoms with Gasteiger partial charge in [-0.2, -0.15) is 5.26 Å². The molecule has 26 heteroatoms. The number of Topliss-reactive ketones (excluding diaryl/α,β-unsaturated/α-hetero) is 1. The standard InChI is InChI=1S/C64H75N15O11/c1-41-33-76(62-68-31-44(32-69-62)51-15-14-50-58(83)64(5,6)79(59(50)70-51)34-43-10-9-22-66-53(43)29-65)26-27-78(41)55(80)37-77-35-45(72-73-77)38-87-39-56(81)75-25-20-49(36-75)88-40-57(82)74-23-18-46(19-24-74)89-47-11-8-12-48(28-47)90-54-16-13-42(30-67-54)60(84)71-52(61(85)86-7)17-21-63(2,3)4/h8-16,22,28,30-32,35,41,46,49,52H,17-21,23-27,33-34,36-40H2,1-7H3,(H,71,84)/t41-,49?,52+/m1/s1. The predicted molar refractivity (Wildman–Crippen MR) is 326 cm³/mol. The maximum atomic E-state index is 13.6. The molecule has 4 aliphatic heterocycles. The van der Waals surface area contributed by atoms with Gasteiger partial charge in [0.25, 0.3) is 5.91 Å². The van der Waals surface area contributed by atoms with Crippen LogP contribution in [0.4, 0.5) is 11.8 Å². The minimum absolute atomic E-state index is 0.0198. The monoisotopic (exact) mass is 1230 g/mol. The fourth-order valence-corrected chi connectivity index (χ4v) is 11.3. The molecule has 3 atom stereocenters. The molecule has 472 valence electrons. The summed E-state index contributed by atoms with van der Waals surface area (Å²) in [5.74, 6) is 0.903. The van der Waals surface area contributed by atoms with E-state index in [0.29, 0.717) is 135 Å². The molecule has 4 aliphatic rings. The molecule has 26 nitrogen and oxygen atoms in total. The van der Waals surface area contributed by atoms with Crippen molar-refractivity contribution in [2.45, 2.75) is 123 Å². The summed E-state index contributed by atoms with van der Waals surface area (Å²) in [6.45, 7) is 15.1. The van der Waals surface area contributed by atoms with Crippen LogP contribution in [0.1, 0.15) is 111 Å². The van der Waals surface area contributed by atoms with E-state index in [9.17, 15) is 34.0 Å². The minimum atomic E-state index is -0.894. The number of amides is 4. The number of methoxy groups -OCH3 is 1. The van der Waals surface area contributed by atoms with Gasteiger partial charge in [-0.25, -0.2) is 34.4 Å². The molecule has 1 N–H and O–H groups in total. The fourth-order valence-electron chi connectivity index (χ4n) is 11.3. The molecule has 3 saturated heterocycles. The zero-order chi connectivity index (χ0) is 63.7. The lowest BCUT2D eigenvalue weighted by atomic mass is 9.88. The first-order valence-corrected chi connectivity index (χ1v) is 30.2. The summed E-state index contributed by atoms with van der Waals surface area (Å²) in [6, 6.07) is 18.7. The van der Waals surface area contributed by atoms with Crippen LogP contribution in [0.25, 0.3) is 11.3 Å². The molecular formula is C64H75N15O11. The van der Waals surface area contributed by atoms with E-state index in [0.717, 1.165) is 0 Å². The first-order valence-electron chi connectivity index (χ1n) is 30.2. The average Bonchev–Trinajstić information content (AvgIpc) is 1.61. The maximum absolute atomic E-state index is 13.6. The summed E-state index contributed by atoms with van der Waals surface area (Å²) >= 11 is 0. The third-order valence-corrected chi connectivity index (χ3v) is 16.5. The fraction of sp³-hybridized carbons (Fsp3) is 0.469. The molecule has 1 aromatic carbocycles. The van der Waals surface area contributed by atoms with Crippen LogP contribution in [0.5, 0.6) is 17.4 Å². The molecule has 90 heavy (non-hydrogen) atoms. The molecule has 0 bridgehead atoms. The largest absolute Gasteiger partial charge is 0.490 e. The average molecular weight is 1230 g/mol. The van der Waals surface area contributed by atoms with Crippen LogP contribution in [0, 0.1) is 16.7 Å². The van der Waals surface area contributed by atoms with Crippen LogP contribution in [-0.4, -0.2) is 186 Å². The Morgan fingerprint density at radius 3 is 2.32 bits per heavy atom. The molecule has 0 spiro atoms. The molecule has 0 aliphatic carbocycles. The number of pyridine rings is 3. The lowest BCUT2D eigenvalue weighted by Gasteiger charge is -2.39. The summed E-state index contributed by atoms with van der Waals surface area (Å²) < 4.78 is 30.4. The van der Waals surface area contributed by atoms with E-state index in [-0.39, 0.29) is 91.5 Å². The number of carbonyl (C=O) groups is 6. The third-order valence-electron chi connectivity index (χ3n) is 16.5. The molecule has 4 amide bonds. The number of nitrogens with one attached hydrogen (secondary N) is 1. The minimum Gasteiger partial charge on any atom is -0.490 e. The number of piperazine rings is 1. The SMILES string of the molecule is COC(=O)[C@H](CCC(C)(C)C)NC(=O)c1ccc(Oc2cccc(OC3CCN(C(=O)COC4CCN(C(=O)COCc5cn(CC(=O)N6CCN(c7ncc(-c8ccc9c(n8)N(Cc8cccnc8C#N)C(C)(C)C9=O)cn7)C[C@H]6C)nn5)C4)CC3)c2)nc1. The van der Waals surface area contributed by atoms with E-state index < -0.39 is 23.5 Å². The van der Waals surface area contributed by atoms with Gasteiger partial charge in [0.1, 0.15) is 66.7 Å². The van der Waals surface area contributed by atoms with Gasteiger partial charge in [-0.1, -0.05) is 38.1 Å². The van der Waals surface area contributed by atoms with Gasteiger partial charge < -0.3 is 53.5 Å². The predicted octanol–water partition coefficient (Wildman–Crippen LogP) is 5.60. The Morgan fingerprint density at radius 1 is 0.833 bits per heavy atom. The first-order chi connectivity index (χ1) is 43.2. The van der Waals surface area contributed by atoms with E-state index in [1.54, 1.807) is 88.0 Å². The Balaban J connectivity index is 0.599. The van der Waals surface area contributed by atoms with E-state index in [2.05, 4.69) is 62.4 Å². The van der Waals surface area contributed by atoms with Gasteiger partial charge in [0.15, 0.2) is 5.78 Å². The van der Waals surface area contributed by atoms with E-state index in [1.165, 1.54) is 18.0 Å². The zero-order valence-electron chi connectivity index (χ0n) is 51.7. The highest BCUT2D eigenvalue weighted by Gasteiger charge is 2.45. The number of nitriles is 1. The smallest absolute Gasteiger partial charge is 0.328 e. The molecule has 1 unspecified atom stereocenters. The van der Waals surface area contributed by atoms with Crippen LogP contribution in [0.15, 0.2) is 91.6 Å². The summed E-state index contributed by atoms with van der Waals surface area (Å²) in [4.78, 5) is 111. The molecule has 10 rings (SSSR count). The van der Waals surface area contributed by atoms with Crippen LogP contribution in [0.2, 0.25) is 0 Å². The Labute approximate surface area is 521 Å². The third kappa shape index (κ3) is 15.5. The van der Waals surface area contributed by atoms with E-state index in [1.807, 2.05) is 42.7 Å². The highest BCUT2D eigenvalue weighted by molar-refractivity contribution is 6.13. The molecule has 3 fully saturated rings.